The quantitative estimate of drug-likeness (QED) is 0.765. The first-order valence-electron chi connectivity index (χ1n) is 7.99. The van der Waals surface area contributed by atoms with Crippen LogP contribution in [0.3, 0.4) is 0 Å². The van der Waals surface area contributed by atoms with Crippen LogP contribution in [0.15, 0.2) is 48.5 Å². The summed E-state index contributed by atoms with van der Waals surface area (Å²) in [5.41, 5.74) is 2.71. The lowest BCUT2D eigenvalue weighted by atomic mass is 10.1. The molecular weight excluding hydrogens is 302 g/mol. The number of methoxy groups -OCH3 is 1. The third-order valence-corrected chi connectivity index (χ3v) is 3.48. The molecule has 0 fully saturated rings. The van der Waals surface area contributed by atoms with Gasteiger partial charge < -0.3 is 14.8 Å². The van der Waals surface area contributed by atoms with Crippen molar-refractivity contribution in [1.82, 2.24) is 0 Å². The molecule has 4 nitrogen and oxygen atoms in total. The van der Waals surface area contributed by atoms with E-state index in [2.05, 4.69) is 12.2 Å². The van der Waals surface area contributed by atoms with Gasteiger partial charge in [0.1, 0.15) is 0 Å². The van der Waals surface area contributed by atoms with E-state index in [9.17, 15) is 4.79 Å². The fraction of sp³-hybridized carbons (Fsp3) is 0.250. The second kappa shape index (κ2) is 8.77. The molecule has 0 saturated heterocycles. The molecule has 1 N–H and O–H groups in total. The number of amides is 1. The van der Waals surface area contributed by atoms with Crippen molar-refractivity contribution in [2.45, 2.75) is 20.3 Å². The van der Waals surface area contributed by atoms with Crippen LogP contribution in [0.1, 0.15) is 24.5 Å². The largest absolute Gasteiger partial charge is 0.493 e. The van der Waals surface area contributed by atoms with E-state index in [1.807, 2.05) is 49.4 Å². The SMILES string of the molecule is CCCOc1ccc(/C=C/C(=O)Nc2ccccc2C)cc1OC. The van der Waals surface area contributed by atoms with Crippen LogP contribution in [0.25, 0.3) is 6.08 Å². The molecular formula is C20H23NO3. The molecule has 4 heteroatoms. The van der Waals surface area contributed by atoms with Gasteiger partial charge in [-0.2, -0.15) is 0 Å². The molecule has 0 atom stereocenters. The van der Waals surface area contributed by atoms with E-state index < -0.39 is 0 Å². The topological polar surface area (TPSA) is 47.6 Å². The molecule has 0 heterocycles. The summed E-state index contributed by atoms with van der Waals surface area (Å²) in [5, 5.41) is 2.87. The first-order chi connectivity index (χ1) is 11.6. The minimum atomic E-state index is -0.172. The van der Waals surface area contributed by atoms with E-state index in [4.69, 9.17) is 9.47 Å². The summed E-state index contributed by atoms with van der Waals surface area (Å²) in [6, 6.07) is 13.3. The average Bonchev–Trinajstić information content (AvgIpc) is 2.60. The van der Waals surface area contributed by atoms with Crippen molar-refractivity contribution in [3.63, 3.8) is 0 Å². The van der Waals surface area contributed by atoms with Crippen LogP contribution >= 0.6 is 0 Å². The molecule has 24 heavy (non-hydrogen) atoms. The van der Waals surface area contributed by atoms with Crippen LogP contribution in [0, 0.1) is 6.92 Å². The summed E-state index contributed by atoms with van der Waals surface area (Å²) < 4.78 is 11.0. The number of anilines is 1. The summed E-state index contributed by atoms with van der Waals surface area (Å²) in [6.07, 6.45) is 4.19. The van der Waals surface area contributed by atoms with Gasteiger partial charge in [-0.15, -0.1) is 0 Å². The Bertz CT molecular complexity index is 723. The van der Waals surface area contributed by atoms with E-state index in [1.165, 1.54) is 6.08 Å². The molecule has 0 aliphatic heterocycles. The summed E-state index contributed by atoms with van der Waals surface area (Å²) in [6.45, 7) is 4.65. The molecule has 0 bridgehead atoms. The Labute approximate surface area is 143 Å². The van der Waals surface area contributed by atoms with Crippen LogP contribution in [0.2, 0.25) is 0 Å². The predicted octanol–water partition coefficient (Wildman–Crippen LogP) is 4.44. The van der Waals surface area contributed by atoms with Crippen molar-refractivity contribution < 1.29 is 14.3 Å². The zero-order chi connectivity index (χ0) is 17.4. The van der Waals surface area contributed by atoms with E-state index in [0.717, 1.165) is 23.2 Å². The number of nitrogens with one attached hydrogen (secondary N) is 1. The number of carbonyl (C=O) groups excluding carboxylic acids is 1. The van der Waals surface area contributed by atoms with Gasteiger partial charge in [0.05, 0.1) is 13.7 Å². The van der Waals surface area contributed by atoms with Gasteiger partial charge in [-0.1, -0.05) is 31.2 Å². The Kier molecular flexibility index (Phi) is 6.43. The number of aryl methyl sites for hydroxylation is 1. The highest BCUT2D eigenvalue weighted by atomic mass is 16.5. The Balaban J connectivity index is 2.05. The predicted molar refractivity (Wildman–Crippen MR) is 97.6 cm³/mol. The molecule has 2 aromatic carbocycles. The number of rotatable bonds is 7. The second-order valence-corrected chi connectivity index (χ2v) is 5.40. The van der Waals surface area contributed by atoms with E-state index in [-0.39, 0.29) is 5.91 Å². The van der Waals surface area contributed by atoms with Gasteiger partial charge in [-0.05, 0) is 48.7 Å². The average molecular weight is 325 g/mol. The van der Waals surface area contributed by atoms with Crippen molar-refractivity contribution in [2.75, 3.05) is 19.0 Å². The Morgan fingerprint density at radius 3 is 2.67 bits per heavy atom. The van der Waals surface area contributed by atoms with Crippen molar-refractivity contribution in [1.29, 1.82) is 0 Å². The first kappa shape index (κ1) is 17.6. The zero-order valence-electron chi connectivity index (χ0n) is 14.3. The fourth-order valence-corrected chi connectivity index (χ4v) is 2.18. The maximum absolute atomic E-state index is 12.0. The van der Waals surface area contributed by atoms with Gasteiger partial charge in [0, 0.05) is 11.8 Å². The Morgan fingerprint density at radius 1 is 1.17 bits per heavy atom. The van der Waals surface area contributed by atoms with Gasteiger partial charge in [0.15, 0.2) is 11.5 Å². The van der Waals surface area contributed by atoms with Gasteiger partial charge in [-0.3, -0.25) is 4.79 Å². The molecule has 0 aliphatic rings. The molecule has 2 rings (SSSR count). The van der Waals surface area contributed by atoms with Gasteiger partial charge in [0.2, 0.25) is 5.91 Å². The number of hydrogen-bond acceptors (Lipinski definition) is 3. The highest BCUT2D eigenvalue weighted by Gasteiger charge is 2.05. The maximum Gasteiger partial charge on any atom is 0.248 e. The fourth-order valence-electron chi connectivity index (χ4n) is 2.18. The molecule has 0 aliphatic carbocycles. The Hall–Kier alpha value is -2.75. The van der Waals surface area contributed by atoms with Crippen molar-refractivity contribution >= 4 is 17.7 Å². The third kappa shape index (κ3) is 4.88. The van der Waals surface area contributed by atoms with Crippen LogP contribution in [0.5, 0.6) is 11.5 Å². The lowest BCUT2D eigenvalue weighted by molar-refractivity contribution is -0.111. The smallest absolute Gasteiger partial charge is 0.248 e. The van der Waals surface area contributed by atoms with Gasteiger partial charge in [-0.25, -0.2) is 0 Å². The molecule has 0 spiro atoms. The third-order valence-electron chi connectivity index (χ3n) is 3.48. The highest BCUT2D eigenvalue weighted by molar-refractivity contribution is 6.02. The lowest BCUT2D eigenvalue weighted by Gasteiger charge is -2.10. The lowest BCUT2D eigenvalue weighted by Crippen LogP contribution is -2.08. The van der Waals surface area contributed by atoms with Crippen molar-refractivity contribution in [3.05, 3.63) is 59.7 Å². The van der Waals surface area contributed by atoms with E-state index in [0.29, 0.717) is 18.1 Å². The minimum Gasteiger partial charge on any atom is -0.493 e. The zero-order valence-corrected chi connectivity index (χ0v) is 14.3. The number of hydrogen-bond donors (Lipinski definition) is 1. The van der Waals surface area contributed by atoms with Crippen molar-refractivity contribution in [2.24, 2.45) is 0 Å². The van der Waals surface area contributed by atoms with Gasteiger partial charge in [0.25, 0.3) is 0 Å². The van der Waals surface area contributed by atoms with Crippen LogP contribution in [0.4, 0.5) is 5.69 Å². The number of benzene rings is 2. The summed E-state index contributed by atoms with van der Waals surface area (Å²) in [5.74, 6) is 1.19. The number of carbonyl (C=O) groups is 1. The first-order valence-corrected chi connectivity index (χ1v) is 7.99. The summed E-state index contributed by atoms with van der Waals surface area (Å²) in [7, 11) is 1.60. The van der Waals surface area contributed by atoms with E-state index >= 15 is 0 Å². The van der Waals surface area contributed by atoms with Gasteiger partial charge >= 0.3 is 0 Å². The second-order valence-electron chi connectivity index (χ2n) is 5.40. The minimum absolute atomic E-state index is 0.172. The molecule has 0 radical (unpaired) electrons. The number of para-hydroxylation sites is 1. The van der Waals surface area contributed by atoms with Crippen molar-refractivity contribution in [3.8, 4) is 11.5 Å². The molecule has 0 aromatic heterocycles. The molecule has 126 valence electrons. The van der Waals surface area contributed by atoms with Crippen LogP contribution in [-0.2, 0) is 4.79 Å². The molecule has 0 saturated carbocycles. The summed E-state index contributed by atoms with van der Waals surface area (Å²) in [4.78, 5) is 12.0. The standard InChI is InChI=1S/C20H23NO3/c1-4-13-24-18-11-9-16(14-19(18)23-3)10-12-20(22)21-17-8-6-5-7-15(17)2/h5-12,14H,4,13H2,1-3H3,(H,21,22)/b12-10+. The van der Waals surface area contributed by atoms with Crippen LogP contribution in [-0.4, -0.2) is 19.6 Å². The molecule has 2 aromatic rings. The summed E-state index contributed by atoms with van der Waals surface area (Å²) >= 11 is 0. The van der Waals surface area contributed by atoms with E-state index in [1.54, 1.807) is 13.2 Å². The normalized spacial score (nSPS) is 10.6. The number of ether oxygens (including phenoxy) is 2. The molecule has 1 amide bonds. The maximum atomic E-state index is 12.0. The van der Waals surface area contributed by atoms with Crippen LogP contribution < -0.4 is 14.8 Å². The molecule has 0 unspecified atom stereocenters. The highest BCUT2D eigenvalue weighted by Crippen LogP contribution is 2.28. The monoisotopic (exact) mass is 325 g/mol. The Morgan fingerprint density at radius 2 is 1.96 bits per heavy atom.